The average molecular weight is 314 g/mol. The predicted octanol–water partition coefficient (Wildman–Crippen LogP) is 3.15. The molecular weight excluding hydrogens is 294 g/mol. The van der Waals surface area contributed by atoms with Crippen LogP contribution in [0.5, 0.6) is 11.5 Å². The van der Waals surface area contributed by atoms with E-state index in [0.717, 1.165) is 28.9 Å². The standard InChI is InChI=1S/C14H20BrNO2/c1-3-18-14-11(9-10-5-4-8-16-10)12(15)6-7-13(14)17-2/h6-7,10,16H,3-5,8-9H2,1-2H3. The Morgan fingerprint density at radius 3 is 2.89 bits per heavy atom. The molecular formula is C14H20BrNO2. The Kier molecular flexibility index (Phi) is 4.89. The largest absolute Gasteiger partial charge is 0.493 e. The topological polar surface area (TPSA) is 30.5 Å². The van der Waals surface area contributed by atoms with Crippen molar-refractivity contribution in [3.05, 3.63) is 22.2 Å². The van der Waals surface area contributed by atoms with Gasteiger partial charge < -0.3 is 14.8 Å². The van der Waals surface area contributed by atoms with Gasteiger partial charge in [-0.2, -0.15) is 0 Å². The lowest BCUT2D eigenvalue weighted by Gasteiger charge is -2.18. The fourth-order valence-electron chi connectivity index (χ4n) is 2.41. The molecule has 0 spiro atoms. The summed E-state index contributed by atoms with van der Waals surface area (Å²) in [7, 11) is 1.68. The lowest BCUT2D eigenvalue weighted by molar-refractivity contribution is 0.306. The highest BCUT2D eigenvalue weighted by Crippen LogP contribution is 2.37. The summed E-state index contributed by atoms with van der Waals surface area (Å²) in [5.41, 5.74) is 1.20. The molecule has 1 heterocycles. The van der Waals surface area contributed by atoms with Gasteiger partial charge in [0.2, 0.25) is 0 Å². The van der Waals surface area contributed by atoms with Crippen LogP contribution in [0.1, 0.15) is 25.3 Å². The van der Waals surface area contributed by atoms with Crippen LogP contribution in [-0.2, 0) is 6.42 Å². The van der Waals surface area contributed by atoms with E-state index >= 15 is 0 Å². The van der Waals surface area contributed by atoms with Gasteiger partial charge in [-0.3, -0.25) is 0 Å². The van der Waals surface area contributed by atoms with Gasteiger partial charge in [-0.25, -0.2) is 0 Å². The minimum atomic E-state index is 0.549. The number of halogens is 1. The van der Waals surface area contributed by atoms with Crippen LogP contribution < -0.4 is 14.8 Å². The first-order valence-electron chi connectivity index (χ1n) is 6.47. The van der Waals surface area contributed by atoms with Crippen LogP contribution in [0, 0.1) is 0 Å². The van der Waals surface area contributed by atoms with Crippen LogP contribution in [0.2, 0.25) is 0 Å². The van der Waals surface area contributed by atoms with Crippen molar-refractivity contribution in [3.63, 3.8) is 0 Å². The van der Waals surface area contributed by atoms with Gasteiger partial charge in [0.15, 0.2) is 11.5 Å². The zero-order valence-electron chi connectivity index (χ0n) is 11.0. The third-order valence-corrected chi connectivity index (χ3v) is 4.03. The number of ether oxygens (including phenoxy) is 2. The van der Waals surface area contributed by atoms with E-state index in [9.17, 15) is 0 Å². The third kappa shape index (κ3) is 2.98. The predicted molar refractivity (Wildman–Crippen MR) is 76.6 cm³/mol. The van der Waals surface area contributed by atoms with E-state index in [0.29, 0.717) is 12.6 Å². The van der Waals surface area contributed by atoms with Gasteiger partial charge in [-0.1, -0.05) is 15.9 Å². The van der Waals surface area contributed by atoms with E-state index in [-0.39, 0.29) is 0 Å². The minimum absolute atomic E-state index is 0.549. The number of rotatable bonds is 5. The van der Waals surface area contributed by atoms with Crippen molar-refractivity contribution in [2.75, 3.05) is 20.3 Å². The number of hydrogen-bond acceptors (Lipinski definition) is 3. The molecule has 1 aliphatic heterocycles. The zero-order chi connectivity index (χ0) is 13.0. The normalized spacial score (nSPS) is 18.9. The number of hydrogen-bond donors (Lipinski definition) is 1. The third-order valence-electron chi connectivity index (χ3n) is 3.29. The van der Waals surface area contributed by atoms with Crippen molar-refractivity contribution in [3.8, 4) is 11.5 Å². The maximum absolute atomic E-state index is 5.77. The first-order chi connectivity index (χ1) is 8.76. The maximum atomic E-state index is 5.77. The Hall–Kier alpha value is -0.740. The summed E-state index contributed by atoms with van der Waals surface area (Å²) < 4.78 is 12.3. The van der Waals surface area contributed by atoms with Crippen LogP contribution in [-0.4, -0.2) is 26.3 Å². The van der Waals surface area contributed by atoms with Crippen molar-refractivity contribution in [1.29, 1.82) is 0 Å². The van der Waals surface area contributed by atoms with Crippen molar-refractivity contribution in [2.45, 2.75) is 32.2 Å². The summed E-state index contributed by atoms with van der Waals surface area (Å²) in [6.45, 7) is 3.77. The summed E-state index contributed by atoms with van der Waals surface area (Å²) in [5, 5.41) is 3.52. The molecule has 1 aliphatic rings. The molecule has 1 fully saturated rings. The van der Waals surface area contributed by atoms with Gasteiger partial charge in [0.1, 0.15) is 0 Å². The molecule has 1 aromatic rings. The average Bonchev–Trinajstić information content (AvgIpc) is 2.87. The summed E-state index contributed by atoms with van der Waals surface area (Å²) in [6.07, 6.45) is 3.47. The van der Waals surface area contributed by atoms with Crippen LogP contribution >= 0.6 is 15.9 Å². The Bertz CT molecular complexity index is 403. The van der Waals surface area contributed by atoms with Gasteiger partial charge in [-0.15, -0.1) is 0 Å². The molecule has 1 N–H and O–H groups in total. The monoisotopic (exact) mass is 313 g/mol. The van der Waals surface area contributed by atoms with Crippen molar-refractivity contribution < 1.29 is 9.47 Å². The first-order valence-corrected chi connectivity index (χ1v) is 7.27. The molecule has 0 bridgehead atoms. The Balaban J connectivity index is 2.29. The number of nitrogens with one attached hydrogen (secondary N) is 1. The fraction of sp³-hybridized carbons (Fsp3) is 0.571. The summed E-state index contributed by atoms with van der Waals surface area (Å²) in [4.78, 5) is 0. The van der Waals surface area contributed by atoms with E-state index in [1.165, 1.54) is 18.4 Å². The van der Waals surface area contributed by atoms with Gasteiger partial charge in [0, 0.05) is 16.1 Å². The van der Waals surface area contributed by atoms with Gasteiger partial charge in [0.05, 0.1) is 13.7 Å². The molecule has 0 amide bonds. The molecule has 0 radical (unpaired) electrons. The summed E-state index contributed by atoms with van der Waals surface area (Å²) in [6, 6.07) is 4.53. The molecule has 100 valence electrons. The van der Waals surface area contributed by atoms with Gasteiger partial charge >= 0.3 is 0 Å². The molecule has 18 heavy (non-hydrogen) atoms. The second kappa shape index (κ2) is 6.43. The quantitative estimate of drug-likeness (QED) is 0.906. The molecule has 0 aromatic heterocycles. The van der Waals surface area contributed by atoms with E-state index in [1.807, 2.05) is 19.1 Å². The first kappa shape index (κ1) is 13.7. The molecule has 4 heteroatoms. The smallest absolute Gasteiger partial charge is 0.165 e. The molecule has 1 saturated heterocycles. The zero-order valence-corrected chi connectivity index (χ0v) is 12.5. The molecule has 0 aliphatic carbocycles. The van der Waals surface area contributed by atoms with E-state index < -0.39 is 0 Å². The molecule has 1 aromatic carbocycles. The van der Waals surface area contributed by atoms with Gasteiger partial charge in [0.25, 0.3) is 0 Å². The molecule has 1 atom stereocenters. The van der Waals surface area contributed by atoms with Crippen molar-refractivity contribution in [2.24, 2.45) is 0 Å². The van der Waals surface area contributed by atoms with Crippen molar-refractivity contribution >= 4 is 15.9 Å². The number of benzene rings is 1. The lowest BCUT2D eigenvalue weighted by atomic mass is 10.0. The van der Waals surface area contributed by atoms with E-state index in [4.69, 9.17) is 9.47 Å². The molecule has 2 rings (SSSR count). The molecule has 0 saturated carbocycles. The second-order valence-electron chi connectivity index (χ2n) is 4.49. The lowest BCUT2D eigenvalue weighted by Crippen LogP contribution is -2.24. The SMILES string of the molecule is CCOc1c(OC)ccc(Br)c1CC1CCCN1. The minimum Gasteiger partial charge on any atom is -0.493 e. The van der Waals surface area contributed by atoms with Crippen LogP contribution in [0.4, 0.5) is 0 Å². The van der Waals surface area contributed by atoms with E-state index in [1.54, 1.807) is 7.11 Å². The second-order valence-corrected chi connectivity index (χ2v) is 5.34. The molecule has 1 unspecified atom stereocenters. The highest BCUT2D eigenvalue weighted by molar-refractivity contribution is 9.10. The Morgan fingerprint density at radius 1 is 1.44 bits per heavy atom. The Labute approximate surface area is 117 Å². The van der Waals surface area contributed by atoms with Crippen LogP contribution in [0.15, 0.2) is 16.6 Å². The summed E-state index contributed by atoms with van der Waals surface area (Å²) in [5.74, 6) is 1.69. The van der Waals surface area contributed by atoms with Gasteiger partial charge in [-0.05, 0) is 44.9 Å². The maximum Gasteiger partial charge on any atom is 0.165 e. The highest BCUT2D eigenvalue weighted by Gasteiger charge is 2.20. The number of methoxy groups -OCH3 is 1. The Morgan fingerprint density at radius 2 is 2.28 bits per heavy atom. The molecule has 3 nitrogen and oxygen atoms in total. The van der Waals surface area contributed by atoms with Crippen LogP contribution in [0.25, 0.3) is 0 Å². The highest BCUT2D eigenvalue weighted by atomic mass is 79.9. The van der Waals surface area contributed by atoms with Crippen molar-refractivity contribution in [1.82, 2.24) is 5.32 Å². The van der Waals surface area contributed by atoms with E-state index in [2.05, 4.69) is 21.2 Å². The fourth-order valence-corrected chi connectivity index (χ4v) is 2.89. The summed E-state index contributed by atoms with van der Waals surface area (Å²) >= 11 is 3.62. The van der Waals surface area contributed by atoms with Crippen LogP contribution in [0.3, 0.4) is 0 Å².